The lowest BCUT2D eigenvalue weighted by Gasteiger charge is -2.31. The fourth-order valence-electron chi connectivity index (χ4n) is 11.5. The van der Waals surface area contributed by atoms with Crippen LogP contribution in [-0.4, -0.2) is 131 Å². The number of carbonyl (C=O) groups is 4. The molecular weight excluding hydrogens is 993 g/mol. The number of nitrogens with one attached hydrogen (secondary N) is 2. The van der Waals surface area contributed by atoms with Crippen LogP contribution < -0.4 is 10.6 Å². The van der Waals surface area contributed by atoms with Crippen LogP contribution in [-0.2, 0) is 28.7 Å². The van der Waals surface area contributed by atoms with Gasteiger partial charge in [0.25, 0.3) is 0 Å². The zero-order chi connectivity index (χ0) is 58.6. The first kappa shape index (κ1) is 74.4. The van der Waals surface area contributed by atoms with Crippen LogP contribution in [0.3, 0.4) is 0 Å². The van der Waals surface area contributed by atoms with Crippen molar-refractivity contribution < 1.29 is 44.0 Å². The summed E-state index contributed by atoms with van der Waals surface area (Å²) in [6.07, 6.45) is 29.3. The van der Waals surface area contributed by atoms with Crippen LogP contribution in [0.1, 0.15) is 287 Å². The molecule has 0 saturated carbocycles. The van der Waals surface area contributed by atoms with Gasteiger partial charge in [-0.05, 0) is 140 Å². The summed E-state index contributed by atoms with van der Waals surface area (Å²) in [4.78, 5) is 56.8. The van der Waals surface area contributed by atoms with E-state index in [-0.39, 0.29) is 30.0 Å². The first-order valence-electron chi connectivity index (χ1n) is 33.2. The lowest BCUT2D eigenvalue weighted by Crippen LogP contribution is -2.61. The molecule has 10 unspecified atom stereocenters. The highest BCUT2D eigenvalue weighted by molar-refractivity contribution is 5.96. The van der Waals surface area contributed by atoms with Gasteiger partial charge in [-0.25, -0.2) is 0 Å². The molecule has 2 amide bonds. The molecule has 0 radical (unpaired) electrons. The van der Waals surface area contributed by atoms with Gasteiger partial charge in [-0.3, -0.25) is 24.1 Å². The topological polar surface area (TPSA) is 178 Å². The normalized spacial score (nSPS) is 17.9. The van der Waals surface area contributed by atoms with Gasteiger partial charge in [0.15, 0.2) is 0 Å². The highest BCUT2D eigenvalue weighted by Crippen LogP contribution is 2.23. The SMILES string of the molecule is C=C(CCCC(C)CN(CCCCC1NC(=O)C(CCCCN(CC(O)CCCC(=O)CC(CC)CCCC)CC(O)CCCC(CC)CCCC)NC1=O)CC(O)CCCC(=O)OC(CC)CCCC)OC(CC)CCCC. The number of hydrogen-bond donors (Lipinski definition) is 5. The van der Waals surface area contributed by atoms with Crippen molar-refractivity contribution in [2.45, 2.75) is 330 Å². The number of carbonyl (C=O) groups excluding carboxylic acids is 4. The van der Waals surface area contributed by atoms with Crippen LogP contribution in [0.15, 0.2) is 12.3 Å². The molecule has 0 spiro atoms. The van der Waals surface area contributed by atoms with Crippen molar-refractivity contribution >= 4 is 23.6 Å². The molecular formula is C66H126N4O9. The molecule has 79 heavy (non-hydrogen) atoms. The first-order chi connectivity index (χ1) is 38.0. The maximum Gasteiger partial charge on any atom is 0.306 e. The lowest BCUT2D eigenvalue weighted by molar-refractivity contribution is -0.149. The number of esters is 1. The number of allylic oxidation sites excluding steroid dienone is 1. The van der Waals surface area contributed by atoms with E-state index in [1.165, 1.54) is 19.3 Å². The molecule has 1 aliphatic heterocycles. The Kier molecular flexibility index (Phi) is 45.1. The molecule has 1 heterocycles. The van der Waals surface area contributed by atoms with Gasteiger partial charge in [-0.1, -0.05) is 159 Å². The summed E-state index contributed by atoms with van der Waals surface area (Å²) in [7, 11) is 0. The molecule has 0 aromatic carbocycles. The van der Waals surface area contributed by atoms with E-state index in [2.05, 4.69) is 89.3 Å². The van der Waals surface area contributed by atoms with Crippen molar-refractivity contribution in [1.29, 1.82) is 0 Å². The predicted molar refractivity (Wildman–Crippen MR) is 327 cm³/mol. The molecule has 13 heteroatoms. The molecule has 0 aromatic rings. The van der Waals surface area contributed by atoms with Crippen LogP contribution in [0.4, 0.5) is 0 Å². The summed E-state index contributed by atoms with van der Waals surface area (Å²) in [5.74, 6) is 2.17. The Hall–Kier alpha value is -2.58. The number of ether oxygens (including phenoxy) is 2. The molecule has 0 bridgehead atoms. The summed E-state index contributed by atoms with van der Waals surface area (Å²) in [5, 5.41) is 39.7. The van der Waals surface area contributed by atoms with E-state index >= 15 is 0 Å². The molecule has 0 aliphatic carbocycles. The highest BCUT2D eigenvalue weighted by atomic mass is 16.5. The van der Waals surface area contributed by atoms with Crippen molar-refractivity contribution in [2.24, 2.45) is 17.8 Å². The van der Waals surface area contributed by atoms with E-state index in [1.807, 2.05) is 0 Å². The number of unbranched alkanes of at least 4 members (excludes halogenated alkanes) is 6. The minimum Gasteiger partial charge on any atom is -0.495 e. The second kappa shape index (κ2) is 47.9. The van der Waals surface area contributed by atoms with Crippen LogP contribution in [0.25, 0.3) is 0 Å². The number of ketones is 1. The smallest absolute Gasteiger partial charge is 0.306 e. The summed E-state index contributed by atoms with van der Waals surface area (Å²) in [6.45, 7) is 27.5. The third kappa shape index (κ3) is 38.0. The van der Waals surface area contributed by atoms with Gasteiger partial charge >= 0.3 is 5.97 Å². The van der Waals surface area contributed by atoms with Crippen molar-refractivity contribution in [3.63, 3.8) is 0 Å². The minimum absolute atomic E-state index is 0.0401. The zero-order valence-corrected chi connectivity index (χ0v) is 52.7. The molecule has 1 rings (SSSR count). The Bertz CT molecular complexity index is 1510. The largest absolute Gasteiger partial charge is 0.495 e. The molecule has 464 valence electrons. The molecule has 5 N–H and O–H groups in total. The van der Waals surface area contributed by atoms with Gasteiger partial charge in [0.05, 0.1) is 30.2 Å². The van der Waals surface area contributed by atoms with Crippen molar-refractivity contribution in [1.82, 2.24) is 20.4 Å². The minimum atomic E-state index is -0.605. The standard InChI is InChI=1S/C66H126N4O9/c1-11-19-33-54(15-5)35-28-37-57(72)50-70(51-58(73)38-29-36-56(71)47-55(16-6)34-20-12-2)46-26-24-43-63-66(77)67-62(65(76)68-63)42-23-25-45-69(48-52(9)31-27-32-53(10)78-60(17-7)40-21-13-3)49-59(74)39-30-44-64(75)79-61(18-8)41-22-14-4/h52,54-55,57-63,72-74H,10-51H2,1-9H3,(H,67,77)(H,68,76). The Morgan fingerprint density at radius 1 is 0.494 bits per heavy atom. The van der Waals surface area contributed by atoms with Crippen LogP contribution in [0, 0.1) is 17.8 Å². The molecule has 1 fully saturated rings. The van der Waals surface area contributed by atoms with E-state index in [4.69, 9.17) is 9.47 Å². The summed E-state index contributed by atoms with van der Waals surface area (Å²) in [5.41, 5.74) is 0. The number of hydrogen-bond acceptors (Lipinski definition) is 11. The van der Waals surface area contributed by atoms with Gasteiger partial charge in [0.1, 0.15) is 24.0 Å². The number of aliphatic hydroxyl groups excluding tert-OH is 3. The Morgan fingerprint density at radius 3 is 1.42 bits per heavy atom. The van der Waals surface area contributed by atoms with Crippen LogP contribution >= 0.6 is 0 Å². The Labute approximate surface area is 485 Å². The number of Topliss-reactive ketones (excluding diaryl/α,β-unsaturated/α-hetero) is 1. The molecule has 1 aliphatic rings. The van der Waals surface area contributed by atoms with Crippen LogP contribution in [0.5, 0.6) is 0 Å². The van der Waals surface area contributed by atoms with E-state index in [1.54, 1.807) is 0 Å². The van der Waals surface area contributed by atoms with E-state index in [0.717, 1.165) is 160 Å². The average molecular weight is 1120 g/mol. The van der Waals surface area contributed by atoms with Crippen molar-refractivity contribution in [2.75, 3.05) is 39.3 Å². The van der Waals surface area contributed by atoms with Crippen molar-refractivity contribution in [3.05, 3.63) is 12.3 Å². The zero-order valence-electron chi connectivity index (χ0n) is 52.7. The third-order valence-electron chi connectivity index (χ3n) is 16.8. The number of rotatable bonds is 55. The highest BCUT2D eigenvalue weighted by Gasteiger charge is 2.33. The molecule has 0 aromatic heterocycles. The maximum absolute atomic E-state index is 13.4. The summed E-state index contributed by atoms with van der Waals surface area (Å²) >= 11 is 0. The Balaban J connectivity index is 2.81. The van der Waals surface area contributed by atoms with Gasteiger partial charge in [0, 0.05) is 51.9 Å². The molecule has 13 nitrogen and oxygen atoms in total. The fraction of sp³-hybridized carbons (Fsp3) is 0.909. The van der Waals surface area contributed by atoms with E-state index in [9.17, 15) is 34.5 Å². The number of aliphatic hydroxyl groups is 3. The lowest BCUT2D eigenvalue weighted by atomic mass is 9.92. The Morgan fingerprint density at radius 2 is 0.924 bits per heavy atom. The fourth-order valence-corrected chi connectivity index (χ4v) is 11.5. The van der Waals surface area contributed by atoms with E-state index < -0.39 is 30.4 Å². The second-order valence-electron chi connectivity index (χ2n) is 24.4. The van der Waals surface area contributed by atoms with Gasteiger partial charge < -0.3 is 40.3 Å². The maximum atomic E-state index is 13.4. The van der Waals surface area contributed by atoms with Gasteiger partial charge in [0.2, 0.25) is 11.8 Å². The summed E-state index contributed by atoms with van der Waals surface area (Å²) < 4.78 is 11.9. The second-order valence-corrected chi connectivity index (χ2v) is 24.4. The third-order valence-corrected chi connectivity index (χ3v) is 16.8. The predicted octanol–water partition coefficient (Wildman–Crippen LogP) is 13.7. The number of nitrogens with zero attached hydrogens (tertiary/aromatic N) is 2. The monoisotopic (exact) mass is 1120 g/mol. The number of piperazine rings is 1. The summed E-state index contributed by atoms with van der Waals surface area (Å²) in [6, 6.07) is -1.20. The van der Waals surface area contributed by atoms with Gasteiger partial charge in [-0.15, -0.1) is 0 Å². The van der Waals surface area contributed by atoms with Crippen LogP contribution in [0.2, 0.25) is 0 Å². The van der Waals surface area contributed by atoms with E-state index in [0.29, 0.717) is 114 Å². The molecule has 10 atom stereocenters. The average Bonchev–Trinajstić information content (AvgIpc) is 3.41. The molecule has 1 saturated heterocycles. The van der Waals surface area contributed by atoms with Gasteiger partial charge in [-0.2, -0.15) is 0 Å². The quantitative estimate of drug-likeness (QED) is 0.0222. The van der Waals surface area contributed by atoms with Crippen molar-refractivity contribution in [3.8, 4) is 0 Å². The number of amides is 2. The first-order valence-corrected chi connectivity index (χ1v) is 33.2.